The lowest BCUT2D eigenvalue weighted by atomic mass is 9.88. The van der Waals surface area contributed by atoms with Gasteiger partial charge in [-0.3, -0.25) is 14.4 Å². The Labute approximate surface area is 191 Å². The van der Waals surface area contributed by atoms with Crippen LogP contribution in [-0.4, -0.2) is 41.8 Å². The van der Waals surface area contributed by atoms with E-state index in [1.807, 2.05) is 19.1 Å². The number of piperidine rings is 1. The molecule has 0 aliphatic carbocycles. The summed E-state index contributed by atoms with van der Waals surface area (Å²) in [6.45, 7) is 3.14. The van der Waals surface area contributed by atoms with Crippen molar-refractivity contribution >= 4 is 17.7 Å². The van der Waals surface area contributed by atoms with E-state index < -0.39 is 6.04 Å². The Balaban J connectivity index is 1.43. The molecule has 1 saturated heterocycles. The van der Waals surface area contributed by atoms with E-state index in [-0.39, 0.29) is 30.2 Å². The lowest BCUT2D eigenvalue weighted by Crippen LogP contribution is -2.53. The Kier molecular flexibility index (Phi) is 6.92. The van der Waals surface area contributed by atoms with Crippen LogP contribution in [0.3, 0.4) is 0 Å². The largest absolute Gasteiger partial charge is 0.467 e. The van der Waals surface area contributed by atoms with Gasteiger partial charge in [0.25, 0.3) is 11.8 Å². The van der Waals surface area contributed by atoms with E-state index in [0.29, 0.717) is 43.0 Å². The highest BCUT2D eigenvalue weighted by molar-refractivity contribution is 5.97. The van der Waals surface area contributed by atoms with Gasteiger partial charge in [-0.25, -0.2) is 0 Å². The number of aryl methyl sites for hydroxylation is 1. The first-order valence-electron chi connectivity index (χ1n) is 11.0. The molecule has 2 N–H and O–H groups in total. The molecule has 1 aliphatic rings. The fraction of sp³-hybridized carbons (Fsp3) is 0.320. The number of hydrogen-bond donors (Lipinski definition) is 2. The highest BCUT2D eigenvalue weighted by atomic mass is 16.3. The van der Waals surface area contributed by atoms with Crippen molar-refractivity contribution in [2.45, 2.75) is 32.4 Å². The lowest BCUT2D eigenvalue weighted by molar-refractivity contribution is -0.124. The van der Waals surface area contributed by atoms with Gasteiger partial charge in [0, 0.05) is 18.7 Å². The maximum Gasteiger partial charge on any atom is 0.289 e. The minimum atomic E-state index is -0.727. The molecular weight excluding hydrogens is 422 g/mol. The van der Waals surface area contributed by atoms with Crippen molar-refractivity contribution in [1.29, 1.82) is 0 Å². The van der Waals surface area contributed by atoms with Crippen LogP contribution in [0.2, 0.25) is 0 Å². The predicted molar refractivity (Wildman–Crippen MR) is 120 cm³/mol. The van der Waals surface area contributed by atoms with Gasteiger partial charge in [-0.1, -0.05) is 17.7 Å². The van der Waals surface area contributed by atoms with E-state index in [9.17, 15) is 14.4 Å². The second kappa shape index (κ2) is 10.2. The fourth-order valence-corrected chi connectivity index (χ4v) is 4.02. The van der Waals surface area contributed by atoms with Crippen molar-refractivity contribution in [2.75, 3.05) is 13.1 Å². The molecule has 3 amide bonds. The Morgan fingerprint density at radius 1 is 1.00 bits per heavy atom. The van der Waals surface area contributed by atoms with Crippen molar-refractivity contribution < 1.29 is 23.2 Å². The topological polar surface area (TPSA) is 105 Å². The second-order valence-corrected chi connectivity index (χ2v) is 8.22. The Hall–Kier alpha value is -3.81. The van der Waals surface area contributed by atoms with Gasteiger partial charge < -0.3 is 24.4 Å². The zero-order valence-corrected chi connectivity index (χ0v) is 18.5. The molecule has 1 fully saturated rings. The number of rotatable bonds is 7. The SMILES string of the molecule is Cc1ccc(C(=O)N[C@@H](C(=O)NCc2ccco2)C2CCN(C(=O)c3ccco3)CC2)cc1. The normalized spacial score (nSPS) is 15.1. The van der Waals surface area contributed by atoms with Crippen LogP contribution in [0.1, 0.15) is 45.1 Å². The summed E-state index contributed by atoms with van der Waals surface area (Å²) in [5.41, 5.74) is 1.54. The highest BCUT2D eigenvalue weighted by Gasteiger charge is 2.34. The van der Waals surface area contributed by atoms with Gasteiger partial charge in [0.1, 0.15) is 11.8 Å². The standard InChI is InChI=1S/C25H27N3O5/c1-17-6-8-19(9-7-17)23(29)27-22(24(30)26-16-20-4-2-14-32-20)18-10-12-28(13-11-18)25(31)21-5-3-15-33-21/h2-9,14-15,18,22H,10-13,16H2,1H3,(H,26,30)(H,27,29)/t22-/m1/s1. The van der Waals surface area contributed by atoms with Crippen molar-refractivity contribution in [2.24, 2.45) is 5.92 Å². The third-order valence-electron chi connectivity index (χ3n) is 5.93. The lowest BCUT2D eigenvalue weighted by Gasteiger charge is -2.35. The van der Waals surface area contributed by atoms with Gasteiger partial charge in [0.05, 0.1) is 19.1 Å². The number of benzene rings is 1. The first-order valence-corrected chi connectivity index (χ1v) is 11.0. The van der Waals surface area contributed by atoms with E-state index in [2.05, 4.69) is 10.6 Å². The van der Waals surface area contributed by atoms with Crippen molar-refractivity contribution in [3.8, 4) is 0 Å². The third kappa shape index (κ3) is 5.52. The van der Waals surface area contributed by atoms with Crippen LogP contribution >= 0.6 is 0 Å². The molecule has 4 rings (SSSR count). The van der Waals surface area contributed by atoms with Gasteiger partial charge in [0.2, 0.25) is 5.91 Å². The van der Waals surface area contributed by atoms with E-state index in [0.717, 1.165) is 5.56 Å². The maximum absolute atomic E-state index is 13.1. The molecule has 1 atom stereocenters. The summed E-state index contributed by atoms with van der Waals surface area (Å²) in [5.74, 6) is 0.0715. The van der Waals surface area contributed by atoms with Crippen LogP contribution in [0, 0.1) is 12.8 Å². The number of carbonyl (C=O) groups is 3. The average Bonchev–Trinajstić information content (AvgIpc) is 3.56. The summed E-state index contributed by atoms with van der Waals surface area (Å²) < 4.78 is 10.5. The summed E-state index contributed by atoms with van der Waals surface area (Å²) in [6, 6.07) is 13.3. The van der Waals surface area contributed by atoms with E-state index >= 15 is 0 Å². The van der Waals surface area contributed by atoms with Crippen molar-refractivity contribution in [1.82, 2.24) is 15.5 Å². The molecule has 0 spiro atoms. The number of nitrogens with one attached hydrogen (secondary N) is 2. The molecule has 1 aromatic carbocycles. The zero-order chi connectivity index (χ0) is 23.2. The van der Waals surface area contributed by atoms with Crippen LogP contribution in [0.5, 0.6) is 0 Å². The quantitative estimate of drug-likeness (QED) is 0.577. The maximum atomic E-state index is 13.1. The first-order chi connectivity index (χ1) is 16.0. The summed E-state index contributed by atoms with van der Waals surface area (Å²) in [4.78, 5) is 40.3. The average molecular weight is 450 g/mol. The molecule has 8 heteroatoms. The molecule has 172 valence electrons. The molecule has 33 heavy (non-hydrogen) atoms. The molecule has 3 aromatic rings. The van der Waals surface area contributed by atoms with Gasteiger partial charge in [0.15, 0.2) is 5.76 Å². The highest BCUT2D eigenvalue weighted by Crippen LogP contribution is 2.23. The second-order valence-electron chi connectivity index (χ2n) is 8.22. The molecule has 0 radical (unpaired) electrons. The number of carbonyl (C=O) groups excluding carboxylic acids is 3. The first kappa shape index (κ1) is 22.4. The fourth-order valence-electron chi connectivity index (χ4n) is 4.02. The summed E-state index contributed by atoms with van der Waals surface area (Å²) >= 11 is 0. The number of nitrogens with zero attached hydrogens (tertiary/aromatic N) is 1. The number of hydrogen-bond acceptors (Lipinski definition) is 5. The summed E-state index contributed by atoms with van der Waals surface area (Å²) in [6.07, 6.45) is 4.18. The Bertz CT molecular complexity index is 1070. The van der Waals surface area contributed by atoms with Crippen LogP contribution < -0.4 is 10.6 Å². The Morgan fingerprint density at radius 2 is 1.70 bits per heavy atom. The molecule has 3 heterocycles. The Morgan fingerprint density at radius 3 is 2.33 bits per heavy atom. The molecule has 0 bridgehead atoms. The third-order valence-corrected chi connectivity index (χ3v) is 5.93. The minimum Gasteiger partial charge on any atom is -0.467 e. The summed E-state index contributed by atoms with van der Waals surface area (Å²) in [5, 5.41) is 5.78. The zero-order valence-electron chi connectivity index (χ0n) is 18.5. The van der Waals surface area contributed by atoms with Gasteiger partial charge in [-0.2, -0.15) is 0 Å². The molecule has 1 aliphatic heterocycles. The predicted octanol–water partition coefficient (Wildman–Crippen LogP) is 3.15. The van der Waals surface area contributed by atoms with Gasteiger partial charge >= 0.3 is 0 Å². The van der Waals surface area contributed by atoms with Crippen LogP contribution in [0.4, 0.5) is 0 Å². The minimum absolute atomic E-state index is 0.114. The molecule has 8 nitrogen and oxygen atoms in total. The van der Waals surface area contributed by atoms with E-state index in [4.69, 9.17) is 8.83 Å². The molecule has 0 saturated carbocycles. The molecule has 0 unspecified atom stereocenters. The summed E-state index contributed by atoms with van der Waals surface area (Å²) in [7, 11) is 0. The van der Waals surface area contributed by atoms with Gasteiger partial charge in [-0.15, -0.1) is 0 Å². The van der Waals surface area contributed by atoms with Crippen molar-refractivity contribution in [3.63, 3.8) is 0 Å². The number of amides is 3. The molecular formula is C25H27N3O5. The molecule has 2 aromatic heterocycles. The van der Waals surface area contributed by atoms with Crippen molar-refractivity contribution in [3.05, 3.63) is 83.7 Å². The van der Waals surface area contributed by atoms with Gasteiger partial charge in [-0.05, 0) is 62.1 Å². The van der Waals surface area contributed by atoms with Crippen LogP contribution in [0.25, 0.3) is 0 Å². The van der Waals surface area contributed by atoms with E-state index in [1.165, 1.54) is 6.26 Å². The number of furan rings is 2. The number of likely N-dealkylation sites (tertiary alicyclic amines) is 1. The van der Waals surface area contributed by atoms with Crippen LogP contribution in [-0.2, 0) is 11.3 Å². The van der Waals surface area contributed by atoms with Crippen LogP contribution in [0.15, 0.2) is 69.9 Å². The van der Waals surface area contributed by atoms with E-state index in [1.54, 1.807) is 47.6 Å². The smallest absolute Gasteiger partial charge is 0.289 e. The monoisotopic (exact) mass is 449 g/mol.